The number of rotatable bonds is 5. The number of carbonyl (C=O) groups is 2. The molecule has 0 bridgehead atoms. The number of halogens is 1. The van der Waals surface area contributed by atoms with Crippen molar-refractivity contribution in [3.05, 3.63) is 34.3 Å². The first-order valence-corrected chi connectivity index (χ1v) is 8.20. The molecule has 2 atom stereocenters. The van der Waals surface area contributed by atoms with E-state index >= 15 is 0 Å². The van der Waals surface area contributed by atoms with E-state index in [4.69, 9.17) is 5.11 Å². The molecule has 0 aromatic heterocycles. The van der Waals surface area contributed by atoms with Crippen LogP contribution in [0, 0.1) is 0 Å². The number of carboxylic acid groups (broad SMARTS) is 1. The van der Waals surface area contributed by atoms with Gasteiger partial charge in [-0.2, -0.15) is 0 Å². The van der Waals surface area contributed by atoms with Crippen molar-refractivity contribution in [3.8, 4) is 0 Å². The Morgan fingerprint density at radius 2 is 1.95 bits per heavy atom. The lowest BCUT2D eigenvalue weighted by atomic mass is 10.0. The number of likely N-dealkylation sites (N-methyl/N-ethyl adjacent to an activating group) is 1. The summed E-state index contributed by atoms with van der Waals surface area (Å²) in [6.07, 6.45) is 2.13. The Morgan fingerprint density at radius 3 is 2.50 bits per heavy atom. The van der Waals surface area contributed by atoms with Crippen molar-refractivity contribution in [2.75, 3.05) is 20.1 Å². The summed E-state index contributed by atoms with van der Waals surface area (Å²) in [5.74, 6) is -1.17. The highest BCUT2D eigenvalue weighted by molar-refractivity contribution is 9.10. The maximum Gasteiger partial charge on any atom is 0.326 e. The van der Waals surface area contributed by atoms with Gasteiger partial charge < -0.3 is 10.0 Å². The van der Waals surface area contributed by atoms with Crippen LogP contribution in [0.15, 0.2) is 28.7 Å². The first kappa shape index (κ1) is 17.0. The Morgan fingerprint density at radius 1 is 1.32 bits per heavy atom. The summed E-state index contributed by atoms with van der Waals surface area (Å²) < 4.78 is 0.913. The molecule has 1 saturated heterocycles. The number of nitrogens with zero attached hydrogens (tertiary/aromatic N) is 2. The van der Waals surface area contributed by atoms with Gasteiger partial charge in [-0.05, 0) is 50.6 Å². The molecule has 1 aliphatic rings. The topological polar surface area (TPSA) is 60.9 Å². The van der Waals surface area contributed by atoms with Crippen molar-refractivity contribution in [1.82, 2.24) is 9.80 Å². The molecule has 0 spiro atoms. The summed E-state index contributed by atoms with van der Waals surface area (Å²) in [7, 11) is 1.56. The second-order valence-electron chi connectivity index (χ2n) is 5.66. The van der Waals surface area contributed by atoms with Crippen LogP contribution < -0.4 is 0 Å². The monoisotopic (exact) mass is 368 g/mol. The third-order valence-corrected chi connectivity index (χ3v) is 4.68. The van der Waals surface area contributed by atoms with Crippen LogP contribution >= 0.6 is 15.9 Å². The molecule has 1 heterocycles. The quantitative estimate of drug-likeness (QED) is 0.867. The standard InChI is InChI=1S/C16H21BrN2O3/c1-11(16(21)22)18(2)15(20)14(19-8-3-4-9-19)12-6-5-7-13(17)10-12/h5-7,10-11,14H,3-4,8-9H2,1-2H3,(H,21,22)/t11-,14-/m0/s1. The molecule has 0 aliphatic carbocycles. The van der Waals surface area contributed by atoms with Gasteiger partial charge >= 0.3 is 5.97 Å². The third-order valence-electron chi connectivity index (χ3n) is 4.19. The highest BCUT2D eigenvalue weighted by atomic mass is 79.9. The van der Waals surface area contributed by atoms with Gasteiger partial charge in [0.15, 0.2) is 0 Å². The van der Waals surface area contributed by atoms with Crippen LogP contribution in [0.1, 0.15) is 31.4 Å². The van der Waals surface area contributed by atoms with Crippen LogP contribution in [0.4, 0.5) is 0 Å². The van der Waals surface area contributed by atoms with E-state index in [1.54, 1.807) is 7.05 Å². The average Bonchev–Trinajstić information content (AvgIpc) is 2.99. The Hall–Kier alpha value is -1.40. The summed E-state index contributed by atoms with van der Waals surface area (Å²) in [6, 6.07) is 6.40. The second kappa shape index (κ2) is 7.24. The van der Waals surface area contributed by atoms with Crippen molar-refractivity contribution in [2.45, 2.75) is 31.8 Å². The van der Waals surface area contributed by atoms with Gasteiger partial charge in [0.25, 0.3) is 0 Å². The Labute approximate surface area is 139 Å². The Bertz CT molecular complexity index is 558. The second-order valence-corrected chi connectivity index (χ2v) is 6.58. The number of likely N-dealkylation sites (tertiary alicyclic amines) is 1. The van der Waals surface area contributed by atoms with Gasteiger partial charge in [0.1, 0.15) is 12.1 Å². The Kier molecular flexibility index (Phi) is 5.58. The number of hydrogen-bond donors (Lipinski definition) is 1. The van der Waals surface area contributed by atoms with Crippen LogP contribution in [0.3, 0.4) is 0 Å². The molecule has 0 saturated carbocycles. The minimum atomic E-state index is -0.995. The highest BCUT2D eigenvalue weighted by Gasteiger charge is 2.34. The van der Waals surface area contributed by atoms with Crippen LogP contribution in [0.5, 0.6) is 0 Å². The lowest BCUT2D eigenvalue weighted by Crippen LogP contribution is -2.46. The molecule has 1 aromatic rings. The molecule has 0 radical (unpaired) electrons. The van der Waals surface area contributed by atoms with E-state index in [0.29, 0.717) is 0 Å². The lowest BCUT2D eigenvalue weighted by molar-refractivity contribution is -0.150. The predicted octanol–water partition coefficient (Wildman–Crippen LogP) is 2.52. The molecule has 1 fully saturated rings. The van der Waals surface area contributed by atoms with Crippen molar-refractivity contribution < 1.29 is 14.7 Å². The zero-order chi connectivity index (χ0) is 16.3. The summed E-state index contributed by atoms with van der Waals surface area (Å²) in [5, 5.41) is 9.15. The third kappa shape index (κ3) is 3.67. The molecule has 1 amide bonds. The SMILES string of the molecule is C[C@@H](C(=O)O)N(C)C(=O)[C@H](c1cccc(Br)c1)N1CCCC1. The molecule has 5 nitrogen and oxygen atoms in total. The summed E-state index contributed by atoms with van der Waals surface area (Å²) in [4.78, 5) is 27.5. The fourth-order valence-corrected chi connectivity index (χ4v) is 3.15. The van der Waals surface area contributed by atoms with Crippen molar-refractivity contribution >= 4 is 27.8 Å². The molecule has 120 valence electrons. The van der Waals surface area contributed by atoms with Gasteiger partial charge in [-0.25, -0.2) is 4.79 Å². The fraction of sp³-hybridized carbons (Fsp3) is 0.500. The number of amides is 1. The van der Waals surface area contributed by atoms with Gasteiger partial charge in [0.2, 0.25) is 5.91 Å². The summed E-state index contributed by atoms with van der Waals surface area (Å²) >= 11 is 3.44. The van der Waals surface area contributed by atoms with Gasteiger partial charge in [0, 0.05) is 11.5 Å². The number of carbonyl (C=O) groups excluding carboxylic acids is 1. The van der Waals surface area contributed by atoms with Gasteiger partial charge in [-0.3, -0.25) is 9.69 Å². The Balaban J connectivity index is 2.32. The van der Waals surface area contributed by atoms with E-state index in [0.717, 1.165) is 36.0 Å². The molecular formula is C16H21BrN2O3. The van der Waals surface area contributed by atoms with Crippen molar-refractivity contribution in [1.29, 1.82) is 0 Å². The maximum atomic E-state index is 12.9. The van der Waals surface area contributed by atoms with E-state index in [9.17, 15) is 9.59 Å². The molecule has 6 heteroatoms. The van der Waals surface area contributed by atoms with Crippen LogP contribution in [0.2, 0.25) is 0 Å². The first-order valence-electron chi connectivity index (χ1n) is 7.41. The zero-order valence-corrected chi connectivity index (χ0v) is 14.4. The normalized spacial score (nSPS) is 18.0. The van der Waals surface area contributed by atoms with Crippen molar-refractivity contribution in [3.63, 3.8) is 0 Å². The minimum absolute atomic E-state index is 0.171. The minimum Gasteiger partial charge on any atom is -0.480 e. The van der Waals surface area contributed by atoms with Gasteiger partial charge in [-0.1, -0.05) is 28.1 Å². The molecule has 1 aliphatic heterocycles. The number of carboxylic acids is 1. The van der Waals surface area contributed by atoms with E-state index in [1.807, 2.05) is 24.3 Å². The highest BCUT2D eigenvalue weighted by Crippen LogP contribution is 2.29. The number of benzene rings is 1. The molecule has 1 N–H and O–H groups in total. The maximum absolute atomic E-state index is 12.9. The largest absolute Gasteiger partial charge is 0.480 e. The average molecular weight is 369 g/mol. The fourth-order valence-electron chi connectivity index (χ4n) is 2.74. The van der Waals surface area contributed by atoms with Crippen LogP contribution in [-0.2, 0) is 9.59 Å². The summed E-state index contributed by atoms with van der Waals surface area (Å²) in [5.41, 5.74) is 0.894. The number of aliphatic carboxylic acids is 1. The predicted molar refractivity (Wildman–Crippen MR) is 87.6 cm³/mol. The molecule has 0 unspecified atom stereocenters. The molecule has 2 rings (SSSR count). The molecule has 1 aromatic carbocycles. The first-order chi connectivity index (χ1) is 10.4. The zero-order valence-electron chi connectivity index (χ0n) is 12.8. The number of hydrogen-bond acceptors (Lipinski definition) is 3. The smallest absolute Gasteiger partial charge is 0.326 e. The van der Waals surface area contributed by atoms with Gasteiger partial charge in [0.05, 0.1) is 0 Å². The van der Waals surface area contributed by atoms with Crippen LogP contribution in [-0.4, -0.2) is 53.0 Å². The van der Waals surface area contributed by atoms with E-state index in [1.165, 1.54) is 11.8 Å². The van der Waals surface area contributed by atoms with Crippen molar-refractivity contribution in [2.24, 2.45) is 0 Å². The molecular weight excluding hydrogens is 348 g/mol. The van der Waals surface area contributed by atoms with Gasteiger partial charge in [-0.15, -0.1) is 0 Å². The molecule has 22 heavy (non-hydrogen) atoms. The van der Waals surface area contributed by atoms with E-state index in [2.05, 4.69) is 20.8 Å². The van der Waals surface area contributed by atoms with Crippen LogP contribution in [0.25, 0.3) is 0 Å². The van der Waals surface area contributed by atoms with E-state index in [-0.39, 0.29) is 5.91 Å². The summed E-state index contributed by atoms with van der Waals surface area (Å²) in [6.45, 7) is 3.25. The van der Waals surface area contributed by atoms with E-state index < -0.39 is 18.1 Å². The lowest BCUT2D eigenvalue weighted by Gasteiger charge is -2.32.